The molecule has 0 bridgehead atoms. The summed E-state index contributed by atoms with van der Waals surface area (Å²) >= 11 is 1.67. The minimum absolute atomic E-state index is 0.306. The lowest BCUT2D eigenvalue weighted by molar-refractivity contribution is 0.571. The predicted octanol–water partition coefficient (Wildman–Crippen LogP) is 5.21. The van der Waals surface area contributed by atoms with Crippen LogP contribution in [0.4, 0.5) is 23.0 Å². The number of hydrogen-bond acceptors (Lipinski definition) is 9. The standard InChI is InChI=1S/C23H32N8S/c1-15(2)14-31(16(3)4)20-10-22(27-13-19(20)25-5)29-21-8-9-26-23(30-21)17(11-24)12-28-32-18-6-7-18/h8-13,15-16,18,24,28H,5-7,14H2,1-4H3,(H,26,27,29,30)/b17-12+,24-11?. The van der Waals surface area contributed by atoms with Gasteiger partial charge in [0.1, 0.15) is 17.3 Å². The highest BCUT2D eigenvalue weighted by Crippen LogP contribution is 2.33. The van der Waals surface area contributed by atoms with Crippen LogP contribution in [0.3, 0.4) is 0 Å². The van der Waals surface area contributed by atoms with Crippen LogP contribution in [0.25, 0.3) is 5.57 Å². The summed E-state index contributed by atoms with van der Waals surface area (Å²) in [5, 5.41) is 11.7. The number of allylic oxidation sites excluding steroid dienone is 1. The van der Waals surface area contributed by atoms with Crippen molar-refractivity contribution >= 4 is 53.5 Å². The molecule has 0 aromatic carbocycles. The lowest BCUT2D eigenvalue weighted by Gasteiger charge is -2.31. The summed E-state index contributed by atoms with van der Waals surface area (Å²) in [5.41, 5.74) is 2.35. The molecule has 0 atom stereocenters. The average Bonchev–Trinajstić information content (AvgIpc) is 3.59. The molecular weight excluding hydrogens is 420 g/mol. The summed E-state index contributed by atoms with van der Waals surface area (Å²) in [5.74, 6) is 2.24. The number of aliphatic imine (C=N–C) groups is 1. The average molecular weight is 453 g/mol. The van der Waals surface area contributed by atoms with Crippen LogP contribution >= 0.6 is 11.9 Å². The van der Waals surface area contributed by atoms with Crippen molar-refractivity contribution < 1.29 is 0 Å². The zero-order chi connectivity index (χ0) is 23.1. The molecule has 1 aliphatic carbocycles. The third-order valence-electron chi connectivity index (χ3n) is 4.83. The molecule has 0 unspecified atom stereocenters. The van der Waals surface area contributed by atoms with E-state index in [0.717, 1.165) is 17.9 Å². The van der Waals surface area contributed by atoms with Crippen LogP contribution in [0.2, 0.25) is 0 Å². The fourth-order valence-electron chi connectivity index (χ4n) is 3.09. The Kier molecular flexibility index (Phi) is 8.21. The molecule has 1 aliphatic rings. The largest absolute Gasteiger partial charge is 0.367 e. The molecule has 2 aromatic rings. The molecule has 0 radical (unpaired) electrons. The van der Waals surface area contributed by atoms with E-state index in [2.05, 4.69) is 69.3 Å². The Morgan fingerprint density at radius 2 is 2.09 bits per heavy atom. The van der Waals surface area contributed by atoms with Gasteiger partial charge in [-0.1, -0.05) is 13.8 Å². The number of aromatic nitrogens is 3. The van der Waals surface area contributed by atoms with E-state index in [1.54, 1.807) is 36.6 Å². The number of pyridine rings is 1. The van der Waals surface area contributed by atoms with E-state index in [-0.39, 0.29) is 0 Å². The van der Waals surface area contributed by atoms with E-state index in [4.69, 9.17) is 5.41 Å². The summed E-state index contributed by atoms with van der Waals surface area (Å²) < 4.78 is 3.19. The van der Waals surface area contributed by atoms with Crippen LogP contribution in [0.15, 0.2) is 35.7 Å². The first-order chi connectivity index (χ1) is 15.4. The third kappa shape index (κ3) is 6.53. The highest BCUT2D eigenvalue weighted by Gasteiger charge is 2.21. The molecule has 0 amide bonds. The van der Waals surface area contributed by atoms with E-state index in [1.807, 2.05) is 6.07 Å². The van der Waals surface area contributed by atoms with Crippen LogP contribution < -0.4 is 14.9 Å². The summed E-state index contributed by atoms with van der Waals surface area (Å²) in [6.07, 6.45) is 8.92. The van der Waals surface area contributed by atoms with Crippen LogP contribution in [0.1, 0.15) is 46.4 Å². The van der Waals surface area contributed by atoms with E-state index >= 15 is 0 Å². The molecule has 2 aromatic heterocycles. The Morgan fingerprint density at radius 3 is 2.72 bits per heavy atom. The van der Waals surface area contributed by atoms with Crippen molar-refractivity contribution in [3.05, 3.63) is 36.6 Å². The summed E-state index contributed by atoms with van der Waals surface area (Å²) in [7, 11) is 0. The number of hydrogen-bond donors (Lipinski definition) is 3. The van der Waals surface area contributed by atoms with Crippen molar-refractivity contribution in [1.82, 2.24) is 19.7 Å². The second kappa shape index (κ2) is 11.1. The molecular formula is C23H32N8S. The Labute approximate surface area is 194 Å². The molecule has 32 heavy (non-hydrogen) atoms. The first-order valence-corrected chi connectivity index (χ1v) is 11.7. The maximum absolute atomic E-state index is 7.73. The Balaban J connectivity index is 1.82. The lowest BCUT2D eigenvalue weighted by atomic mass is 10.1. The summed E-state index contributed by atoms with van der Waals surface area (Å²) in [4.78, 5) is 19.9. The molecule has 8 nitrogen and oxygen atoms in total. The number of nitrogens with zero attached hydrogens (tertiary/aromatic N) is 5. The van der Waals surface area contributed by atoms with Gasteiger partial charge in [0.05, 0.1) is 17.5 Å². The Morgan fingerprint density at radius 1 is 1.31 bits per heavy atom. The summed E-state index contributed by atoms with van der Waals surface area (Å²) in [6.45, 7) is 13.4. The maximum atomic E-state index is 7.73. The minimum Gasteiger partial charge on any atom is -0.367 e. The molecule has 0 saturated heterocycles. The van der Waals surface area contributed by atoms with Gasteiger partial charge in [-0.2, -0.15) is 0 Å². The van der Waals surface area contributed by atoms with E-state index in [9.17, 15) is 0 Å². The number of nitrogens with one attached hydrogen (secondary N) is 3. The molecule has 2 heterocycles. The second-order valence-electron chi connectivity index (χ2n) is 8.43. The first kappa shape index (κ1) is 23.7. The highest BCUT2D eigenvalue weighted by atomic mass is 32.2. The van der Waals surface area contributed by atoms with Crippen molar-refractivity contribution in [1.29, 1.82) is 5.41 Å². The normalized spacial score (nSPS) is 13.9. The van der Waals surface area contributed by atoms with Crippen molar-refractivity contribution in [2.45, 2.75) is 51.8 Å². The third-order valence-corrected chi connectivity index (χ3v) is 5.88. The molecule has 3 rings (SSSR count). The van der Waals surface area contributed by atoms with Gasteiger partial charge in [-0.15, -0.1) is 0 Å². The number of rotatable bonds is 12. The highest BCUT2D eigenvalue weighted by molar-refractivity contribution is 7.98. The van der Waals surface area contributed by atoms with Crippen LogP contribution in [0, 0.1) is 11.3 Å². The fraction of sp³-hybridized carbons (Fsp3) is 0.435. The molecule has 9 heteroatoms. The lowest BCUT2D eigenvalue weighted by Crippen LogP contribution is -2.34. The second-order valence-corrected chi connectivity index (χ2v) is 9.56. The zero-order valence-electron chi connectivity index (χ0n) is 19.2. The molecule has 0 aliphatic heterocycles. The topological polar surface area (TPSA) is 102 Å². The predicted molar refractivity (Wildman–Crippen MR) is 137 cm³/mol. The van der Waals surface area contributed by atoms with E-state index < -0.39 is 0 Å². The van der Waals surface area contributed by atoms with Gasteiger partial charge in [-0.05, 0) is 57.3 Å². The van der Waals surface area contributed by atoms with Crippen molar-refractivity contribution in [2.75, 3.05) is 16.8 Å². The van der Waals surface area contributed by atoms with Crippen molar-refractivity contribution in [3.63, 3.8) is 0 Å². The maximum Gasteiger partial charge on any atom is 0.164 e. The van der Waals surface area contributed by atoms with Gasteiger partial charge in [-0.3, -0.25) is 4.99 Å². The quantitative estimate of drug-likeness (QED) is 0.300. The molecule has 1 saturated carbocycles. The monoisotopic (exact) mass is 452 g/mol. The molecule has 3 N–H and O–H groups in total. The van der Waals surface area contributed by atoms with Gasteiger partial charge in [0.25, 0.3) is 0 Å². The molecule has 0 spiro atoms. The van der Waals surface area contributed by atoms with Crippen LogP contribution in [-0.2, 0) is 0 Å². The van der Waals surface area contributed by atoms with Gasteiger partial charge >= 0.3 is 0 Å². The molecule has 1 fully saturated rings. The minimum atomic E-state index is 0.306. The van der Waals surface area contributed by atoms with Crippen LogP contribution in [0.5, 0.6) is 0 Å². The van der Waals surface area contributed by atoms with Crippen molar-refractivity contribution in [2.24, 2.45) is 10.9 Å². The van der Waals surface area contributed by atoms with Gasteiger partial charge in [0.2, 0.25) is 0 Å². The van der Waals surface area contributed by atoms with Gasteiger partial charge in [0, 0.05) is 42.5 Å². The Bertz CT molecular complexity index is 968. The summed E-state index contributed by atoms with van der Waals surface area (Å²) in [6, 6.07) is 4.07. The first-order valence-electron chi connectivity index (χ1n) is 10.9. The Hall–Kier alpha value is -2.94. The van der Waals surface area contributed by atoms with Gasteiger partial charge in [0.15, 0.2) is 5.82 Å². The van der Waals surface area contributed by atoms with Crippen molar-refractivity contribution in [3.8, 4) is 0 Å². The smallest absolute Gasteiger partial charge is 0.164 e. The molecule has 170 valence electrons. The number of anilines is 3. The van der Waals surface area contributed by atoms with Crippen LogP contribution in [-0.4, -0.2) is 45.7 Å². The van der Waals surface area contributed by atoms with Gasteiger partial charge < -0.3 is 20.3 Å². The zero-order valence-corrected chi connectivity index (χ0v) is 20.0. The SMILES string of the molecule is C=Nc1cnc(Nc2ccnc(/C(C=N)=C/NSC3CC3)n2)cc1N(CC(C)C)C(C)C. The van der Waals surface area contributed by atoms with E-state index in [0.29, 0.717) is 40.2 Å². The van der Waals surface area contributed by atoms with E-state index in [1.165, 1.54) is 19.1 Å². The fourth-order valence-corrected chi connectivity index (χ4v) is 3.85. The van der Waals surface area contributed by atoms with Gasteiger partial charge in [-0.25, -0.2) is 15.0 Å².